The fourth-order valence-corrected chi connectivity index (χ4v) is 2.61. The number of benzene rings is 1. The van der Waals surface area contributed by atoms with Crippen molar-refractivity contribution in [2.24, 2.45) is 0 Å². The molecule has 23 heavy (non-hydrogen) atoms. The Balaban J connectivity index is 2.14. The van der Waals surface area contributed by atoms with Gasteiger partial charge in [0, 0.05) is 13.0 Å². The van der Waals surface area contributed by atoms with E-state index in [-0.39, 0.29) is 19.5 Å². The maximum Gasteiger partial charge on any atom is 0.410 e. The van der Waals surface area contributed by atoms with Gasteiger partial charge in [0.05, 0.1) is 18.2 Å². The fourth-order valence-electron chi connectivity index (χ4n) is 2.61. The summed E-state index contributed by atoms with van der Waals surface area (Å²) in [5.41, 5.74) is -1.20. The van der Waals surface area contributed by atoms with Crippen LogP contribution >= 0.6 is 0 Å². The van der Waals surface area contributed by atoms with Gasteiger partial charge in [-0.05, 0) is 38.5 Å². The molecule has 1 fully saturated rings. The first-order valence-corrected chi connectivity index (χ1v) is 7.55. The number of amides is 1. The Kier molecular flexibility index (Phi) is 4.64. The van der Waals surface area contributed by atoms with Gasteiger partial charge in [-0.1, -0.05) is 12.1 Å². The van der Waals surface area contributed by atoms with E-state index in [2.05, 4.69) is 0 Å². The van der Waals surface area contributed by atoms with Gasteiger partial charge in [0.2, 0.25) is 0 Å². The molecule has 1 aromatic carbocycles. The summed E-state index contributed by atoms with van der Waals surface area (Å²) in [4.78, 5) is 13.5. The average molecular weight is 318 g/mol. The molecule has 2 atom stereocenters. The molecular weight excluding hydrogens is 296 g/mol. The minimum Gasteiger partial charge on any atom is -0.444 e. The van der Waals surface area contributed by atoms with Gasteiger partial charge in [0.15, 0.2) is 0 Å². The van der Waals surface area contributed by atoms with Crippen molar-refractivity contribution < 1.29 is 19.7 Å². The van der Waals surface area contributed by atoms with Crippen molar-refractivity contribution in [1.82, 2.24) is 4.90 Å². The molecule has 6 heteroatoms. The van der Waals surface area contributed by atoms with Crippen molar-refractivity contribution in [3.63, 3.8) is 0 Å². The summed E-state index contributed by atoms with van der Waals surface area (Å²) in [6.45, 7) is 5.56. The van der Waals surface area contributed by atoms with Crippen LogP contribution in [0.4, 0.5) is 4.79 Å². The zero-order valence-corrected chi connectivity index (χ0v) is 13.6. The molecule has 124 valence electrons. The molecule has 0 spiro atoms. The van der Waals surface area contributed by atoms with E-state index in [0.717, 1.165) is 0 Å². The van der Waals surface area contributed by atoms with E-state index in [4.69, 9.17) is 10.00 Å². The molecule has 1 aliphatic rings. The molecule has 0 saturated carbocycles. The second-order valence-electron chi connectivity index (χ2n) is 6.81. The maximum atomic E-state index is 12.1. The number of likely N-dealkylation sites (tertiary alicyclic amines) is 1. The number of carbonyl (C=O) groups is 1. The Morgan fingerprint density at radius 3 is 2.74 bits per heavy atom. The summed E-state index contributed by atoms with van der Waals surface area (Å²) in [5, 5.41) is 30.2. The van der Waals surface area contributed by atoms with Gasteiger partial charge in [-0.3, -0.25) is 0 Å². The normalized spacial score (nSPS) is 24.9. The molecule has 0 aliphatic carbocycles. The summed E-state index contributed by atoms with van der Waals surface area (Å²) in [7, 11) is 0. The van der Waals surface area contributed by atoms with Crippen LogP contribution in [0.15, 0.2) is 24.3 Å². The number of piperidine rings is 1. The van der Waals surface area contributed by atoms with Crippen LogP contribution in [0, 0.1) is 11.3 Å². The number of aliphatic hydroxyl groups excluding tert-OH is 1. The van der Waals surface area contributed by atoms with E-state index in [1.165, 1.54) is 4.90 Å². The third-order valence-corrected chi connectivity index (χ3v) is 3.85. The van der Waals surface area contributed by atoms with E-state index in [1.54, 1.807) is 45.0 Å². The highest BCUT2D eigenvalue weighted by atomic mass is 16.6. The number of hydrogen-bond donors (Lipinski definition) is 2. The maximum absolute atomic E-state index is 12.1. The predicted molar refractivity (Wildman–Crippen MR) is 83.5 cm³/mol. The highest BCUT2D eigenvalue weighted by Gasteiger charge is 2.44. The second-order valence-corrected chi connectivity index (χ2v) is 6.81. The van der Waals surface area contributed by atoms with E-state index in [1.807, 2.05) is 6.07 Å². The minimum atomic E-state index is -1.48. The number of nitrogens with zero attached hydrogens (tertiary/aromatic N) is 2. The predicted octanol–water partition coefficient (Wildman–Crippen LogP) is 1.75. The van der Waals surface area contributed by atoms with Crippen LogP contribution < -0.4 is 0 Å². The molecule has 1 saturated heterocycles. The van der Waals surface area contributed by atoms with Crippen molar-refractivity contribution in [2.75, 3.05) is 13.1 Å². The zero-order valence-electron chi connectivity index (χ0n) is 13.6. The first-order valence-electron chi connectivity index (χ1n) is 7.55. The van der Waals surface area contributed by atoms with E-state index >= 15 is 0 Å². The molecule has 1 aliphatic heterocycles. The van der Waals surface area contributed by atoms with Crippen molar-refractivity contribution in [2.45, 2.75) is 44.5 Å². The average Bonchev–Trinajstić information content (AvgIpc) is 2.48. The lowest BCUT2D eigenvalue weighted by atomic mass is 9.81. The first-order chi connectivity index (χ1) is 10.7. The van der Waals surface area contributed by atoms with Crippen LogP contribution in [0.25, 0.3) is 0 Å². The number of ether oxygens (including phenoxy) is 1. The lowest BCUT2D eigenvalue weighted by molar-refractivity contribution is -0.123. The standard InChI is InChI=1S/C17H22N2O4/c1-16(2,3)23-15(21)19-8-7-17(22,14(20)11-19)13-6-4-5-12(9-13)10-18/h4-6,9,14,20,22H,7-8,11H2,1-3H3/t14-,17-/m1/s1. The highest BCUT2D eigenvalue weighted by molar-refractivity contribution is 5.68. The number of β-amino-alcohol motifs (C(OH)–C–C–N with tert-alkyl or cyclic N) is 1. The van der Waals surface area contributed by atoms with Crippen molar-refractivity contribution >= 4 is 6.09 Å². The third kappa shape index (κ3) is 3.81. The smallest absolute Gasteiger partial charge is 0.410 e. The molecule has 1 heterocycles. The third-order valence-electron chi connectivity index (χ3n) is 3.85. The Labute approximate surface area is 135 Å². The monoisotopic (exact) mass is 318 g/mol. The van der Waals surface area contributed by atoms with Crippen molar-refractivity contribution in [1.29, 1.82) is 5.26 Å². The van der Waals surface area contributed by atoms with Crippen molar-refractivity contribution in [3.05, 3.63) is 35.4 Å². The molecular formula is C17H22N2O4. The Bertz CT molecular complexity index is 632. The topological polar surface area (TPSA) is 93.8 Å². The van der Waals surface area contributed by atoms with Crippen molar-refractivity contribution in [3.8, 4) is 6.07 Å². The quantitative estimate of drug-likeness (QED) is 0.822. The molecule has 2 rings (SSSR count). The van der Waals surface area contributed by atoms with Gasteiger partial charge < -0.3 is 19.8 Å². The summed E-state index contributed by atoms with van der Waals surface area (Å²) in [5.74, 6) is 0. The van der Waals surface area contributed by atoms with Gasteiger partial charge in [-0.25, -0.2) is 4.79 Å². The Hall–Kier alpha value is -2.10. The number of nitriles is 1. The SMILES string of the molecule is CC(C)(C)OC(=O)N1CC[C@@](O)(c2cccc(C#N)c2)[C@H](O)C1. The van der Waals surface area contributed by atoms with Gasteiger partial charge in [-0.15, -0.1) is 0 Å². The molecule has 2 N–H and O–H groups in total. The lowest BCUT2D eigenvalue weighted by Gasteiger charge is -2.42. The zero-order chi connectivity index (χ0) is 17.3. The molecule has 0 bridgehead atoms. The number of rotatable bonds is 1. The summed E-state index contributed by atoms with van der Waals surface area (Å²) in [6.07, 6.45) is -1.50. The van der Waals surface area contributed by atoms with E-state index in [0.29, 0.717) is 11.1 Å². The van der Waals surface area contributed by atoms with Crippen LogP contribution in [0.3, 0.4) is 0 Å². The Morgan fingerprint density at radius 1 is 1.48 bits per heavy atom. The van der Waals surface area contributed by atoms with Crippen LogP contribution in [-0.2, 0) is 10.3 Å². The number of carbonyl (C=O) groups excluding carboxylic acids is 1. The van der Waals surface area contributed by atoms with Gasteiger partial charge in [0.1, 0.15) is 17.3 Å². The summed E-state index contributed by atoms with van der Waals surface area (Å²) in [6, 6.07) is 8.55. The minimum absolute atomic E-state index is 0.0256. The molecule has 0 unspecified atom stereocenters. The Morgan fingerprint density at radius 2 is 2.17 bits per heavy atom. The summed E-state index contributed by atoms with van der Waals surface area (Å²) >= 11 is 0. The molecule has 1 amide bonds. The molecule has 0 radical (unpaired) electrons. The number of aliphatic hydroxyl groups is 2. The van der Waals surface area contributed by atoms with Crippen LogP contribution in [-0.4, -0.2) is 46.0 Å². The van der Waals surface area contributed by atoms with Gasteiger partial charge in [-0.2, -0.15) is 5.26 Å². The second kappa shape index (κ2) is 6.19. The van der Waals surface area contributed by atoms with E-state index in [9.17, 15) is 15.0 Å². The number of hydrogen-bond acceptors (Lipinski definition) is 5. The van der Waals surface area contributed by atoms with Crippen LogP contribution in [0.1, 0.15) is 38.3 Å². The first kappa shape index (κ1) is 17.3. The van der Waals surface area contributed by atoms with E-state index < -0.39 is 23.4 Å². The molecule has 0 aromatic heterocycles. The fraction of sp³-hybridized carbons (Fsp3) is 0.529. The lowest BCUT2D eigenvalue weighted by Crippen LogP contribution is -2.55. The highest BCUT2D eigenvalue weighted by Crippen LogP contribution is 2.34. The largest absolute Gasteiger partial charge is 0.444 e. The molecule has 6 nitrogen and oxygen atoms in total. The van der Waals surface area contributed by atoms with Gasteiger partial charge >= 0.3 is 6.09 Å². The summed E-state index contributed by atoms with van der Waals surface area (Å²) < 4.78 is 5.29. The van der Waals surface area contributed by atoms with Gasteiger partial charge in [0.25, 0.3) is 0 Å². The van der Waals surface area contributed by atoms with Crippen LogP contribution in [0.2, 0.25) is 0 Å². The molecule has 1 aromatic rings. The van der Waals surface area contributed by atoms with Crippen LogP contribution in [0.5, 0.6) is 0 Å².